The Hall–Kier alpha value is -7.94. The molecular weight excluding hydrogens is 716 g/mol. The summed E-state index contributed by atoms with van der Waals surface area (Å²) in [6.07, 6.45) is 21.4. The van der Waals surface area contributed by atoms with E-state index in [1.807, 2.05) is 72.8 Å². The molecule has 0 spiro atoms. The summed E-state index contributed by atoms with van der Waals surface area (Å²) < 4.78 is 0. The number of aromatic nitrogens is 6. The molecule has 2 aromatic carbocycles. The first-order chi connectivity index (χ1) is 26.3. The SMILES string of the molecule is O.O.Oc1cccc(O)c1O.Oc1cccc(O)c1O.c1cc(-c2ccncc2)ccn1.c1cc(-c2ccncc2)ccn1.c1cc(-c2ccncc2)ccn1. The fraction of sp³-hybridized carbons (Fsp3) is 0. The van der Waals surface area contributed by atoms with Gasteiger partial charge in [-0.1, -0.05) is 12.1 Å². The highest BCUT2D eigenvalue weighted by Crippen LogP contribution is 2.33. The Bertz CT molecular complexity index is 1850. The Morgan fingerprint density at radius 1 is 0.232 bits per heavy atom. The van der Waals surface area contributed by atoms with Gasteiger partial charge < -0.3 is 41.6 Å². The molecule has 0 saturated heterocycles. The van der Waals surface area contributed by atoms with Crippen molar-refractivity contribution in [3.8, 4) is 67.9 Å². The quantitative estimate of drug-likeness (QED) is 0.107. The molecule has 8 aromatic rings. The van der Waals surface area contributed by atoms with Crippen LogP contribution in [0.15, 0.2) is 184 Å². The van der Waals surface area contributed by atoms with Crippen LogP contribution in [0.25, 0.3) is 33.4 Å². The van der Waals surface area contributed by atoms with E-state index in [0.29, 0.717) is 0 Å². The highest BCUT2D eigenvalue weighted by Gasteiger charge is 2.02. The number of phenolic OH excluding ortho intramolecular Hbond substituents is 6. The molecule has 0 fully saturated rings. The van der Waals surface area contributed by atoms with Crippen molar-refractivity contribution in [1.82, 2.24) is 29.9 Å². The van der Waals surface area contributed by atoms with E-state index in [1.165, 1.54) is 69.8 Å². The molecule has 0 saturated carbocycles. The van der Waals surface area contributed by atoms with Crippen molar-refractivity contribution >= 4 is 0 Å². The van der Waals surface area contributed by atoms with Gasteiger partial charge in [0.25, 0.3) is 0 Å². The van der Waals surface area contributed by atoms with Crippen LogP contribution in [0.3, 0.4) is 0 Å². The van der Waals surface area contributed by atoms with E-state index in [9.17, 15) is 0 Å². The van der Waals surface area contributed by atoms with Gasteiger partial charge in [-0.15, -0.1) is 0 Å². The van der Waals surface area contributed by atoms with Crippen LogP contribution in [0.2, 0.25) is 0 Å². The molecule has 0 unspecified atom stereocenters. The molecule has 0 bridgehead atoms. The van der Waals surface area contributed by atoms with Gasteiger partial charge in [0.1, 0.15) is 0 Å². The molecule has 0 amide bonds. The molecule has 0 aliphatic carbocycles. The summed E-state index contributed by atoms with van der Waals surface area (Å²) in [6, 6.07) is 31.8. The summed E-state index contributed by atoms with van der Waals surface area (Å²) in [5.74, 6) is -2.19. The van der Waals surface area contributed by atoms with Gasteiger partial charge in [0.05, 0.1) is 0 Å². The third-order valence-electron chi connectivity index (χ3n) is 7.07. The second kappa shape index (κ2) is 24.3. The van der Waals surface area contributed by atoms with Crippen molar-refractivity contribution in [1.29, 1.82) is 0 Å². The number of benzene rings is 2. The smallest absolute Gasteiger partial charge is 0.200 e. The first kappa shape index (κ1) is 44.2. The summed E-state index contributed by atoms with van der Waals surface area (Å²) in [7, 11) is 0. The highest BCUT2D eigenvalue weighted by molar-refractivity contribution is 5.63. The van der Waals surface area contributed by atoms with Crippen molar-refractivity contribution in [2.75, 3.05) is 0 Å². The molecule has 6 aromatic heterocycles. The molecule has 8 rings (SSSR count). The van der Waals surface area contributed by atoms with Crippen molar-refractivity contribution in [3.05, 3.63) is 184 Å². The van der Waals surface area contributed by atoms with Gasteiger partial charge in [-0.2, -0.15) is 0 Å². The lowest BCUT2D eigenvalue weighted by atomic mass is 10.1. The van der Waals surface area contributed by atoms with Crippen LogP contribution in [-0.4, -0.2) is 71.5 Å². The Morgan fingerprint density at radius 2 is 0.375 bits per heavy atom. The minimum Gasteiger partial charge on any atom is -0.504 e. The number of para-hydroxylation sites is 2. The molecule has 0 aliphatic rings. The predicted octanol–water partition coefficient (Wildman–Crippen LogP) is 6.39. The monoisotopic (exact) mass is 756 g/mol. The standard InChI is InChI=1S/3C10H8N2.2C6H6O3.2H2O/c3*1-5-11-6-2-9(1)10-3-7-12-8-4-10;2*7-4-2-1-3-5(8)6(4)9;;/h3*1-8H;2*1-3,7-9H;2*1H2. The second-order valence-corrected chi connectivity index (χ2v) is 10.7. The maximum absolute atomic E-state index is 8.71. The minimum absolute atomic E-state index is 0. The molecular formula is C42H40N6O8. The normalized spacial score (nSPS) is 9.21. The van der Waals surface area contributed by atoms with Crippen LogP contribution < -0.4 is 0 Å². The fourth-order valence-corrected chi connectivity index (χ4v) is 4.31. The van der Waals surface area contributed by atoms with Gasteiger partial charge in [0, 0.05) is 74.4 Å². The zero-order valence-electron chi connectivity index (χ0n) is 29.7. The molecule has 6 heterocycles. The molecule has 56 heavy (non-hydrogen) atoms. The lowest BCUT2D eigenvalue weighted by Gasteiger charge is -1.97. The fourth-order valence-electron chi connectivity index (χ4n) is 4.31. The largest absolute Gasteiger partial charge is 0.504 e. The average molecular weight is 757 g/mol. The third kappa shape index (κ3) is 14.6. The maximum Gasteiger partial charge on any atom is 0.200 e. The second-order valence-electron chi connectivity index (χ2n) is 10.7. The van der Waals surface area contributed by atoms with Gasteiger partial charge in [-0.05, 0) is 130 Å². The van der Waals surface area contributed by atoms with E-state index in [0.717, 1.165) is 0 Å². The predicted molar refractivity (Wildman–Crippen MR) is 213 cm³/mol. The molecule has 10 N–H and O–H groups in total. The van der Waals surface area contributed by atoms with E-state index in [-0.39, 0.29) is 34.0 Å². The molecule has 14 nitrogen and oxygen atoms in total. The first-order valence-electron chi connectivity index (χ1n) is 16.1. The van der Waals surface area contributed by atoms with Crippen LogP contribution in [0.1, 0.15) is 0 Å². The molecule has 0 aliphatic heterocycles. The number of nitrogens with zero attached hydrogens (tertiary/aromatic N) is 6. The Kier molecular flexibility index (Phi) is 19.2. The van der Waals surface area contributed by atoms with Crippen molar-refractivity contribution in [3.63, 3.8) is 0 Å². The van der Waals surface area contributed by atoms with Crippen LogP contribution in [-0.2, 0) is 0 Å². The van der Waals surface area contributed by atoms with Gasteiger partial charge in [0.2, 0.25) is 0 Å². The maximum atomic E-state index is 8.71. The van der Waals surface area contributed by atoms with Crippen LogP contribution in [0.4, 0.5) is 0 Å². The molecule has 14 heteroatoms. The van der Waals surface area contributed by atoms with Crippen molar-refractivity contribution < 1.29 is 41.6 Å². The number of hydrogen-bond donors (Lipinski definition) is 6. The number of aromatic hydroxyl groups is 6. The van der Waals surface area contributed by atoms with Crippen LogP contribution >= 0.6 is 0 Å². The van der Waals surface area contributed by atoms with Gasteiger partial charge >= 0.3 is 0 Å². The summed E-state index contributed by atoms with van der Waals surface area (Å²) >= 11 is 0. The van der Waals surface area contributed by atoms with Gasteiger partial charge in [-0.3, -0.25) is 29.9 Å². The lowest BCUT2D eigenvalue weighted by Crippen LogP contribution is -1.77. The zero-order valence-corrected chi connectivity index (χ0v) is 29.7. The van der Waals surface area contributed by atoms with Crippen molar-refractivity contribution in [2.24, 2.45) is 0 Å². The van der Waals surface area contributed by atoms with E-state index in [2.05, 4.69) is 29.9 Å². The number of phenols is 6. The molecule has 286 valence electrons. The summed E-state index contributed by atoms with van der Waals surface area (Å²) in [5, 5.41) is 52.2. The molecule has 0 atom stereocenters. The first-order valence-corrected chi connectivity index (χ1v) is 16.1. The average Bonchev–Trinajstić information content (AvgIpc) is 3.25. The minimum atomic E-state index is -0.475. The topological polar surface area (TPSA) is 262 Å². The number of rotatable bonds is 3. The summed E-state index contributed by atoms with van der Waals surface area (Å²) in [5.41, 5.74) is 7.04. The summed E-state index contributed by atoms with van der Waals surface area (Å²) in [6.45, 7) is 0. The highest BCUT2D eigenvalue weighted by atomic mass is 16.3. The van der Waals surface area contributed by atoms with Gasteiger partial charge in [0.15, 0.2) is 34.5 Å². The van der Waals surface area contributed by atoms with E-state index in [4.69, 9.17) is 30.6 Å². The Balaban J connectivity index is 0.000000241. The Labute approximate surface area is 322 Å². The van der Waals surface area contributed by atoms with Crippen molar-refractivity contribution in [2.45, 2.75) is 0 Å². The van der Waals surface area contributed by atoms with Crippen LogP contribution in [0, 0.1) is 0 Å². The van der Waals surface area contributed by atoms with E-state index >= 15 is 0 Å². The van der Waals surface area contributed by atoms with Crippen LogP contribution in [0.5, 0.6) is 34.5 Å². The van der Waals surface area contributed by atoms with E-state index < -0.39 is 11.5 Å². The molecule has 0 radical (unpaired) electrons. The zero-order chi connectivity index (χ0) is 38.4. The van der Waals surface area contributed by atoms with E-state index in [1.54, 1.807) is 74.4 Å². The third-order valence-corrected chi connectivity index (χ3v) is 7.07. The number of hydrogen-bond acceptors (Lipinski definition) is 12. The Morgan fingerprint density at radius 3 is 0.500 bits per heavy atom. The lowest BCUT2D eigenvalue weighted by molar-refractivity contribution is 0.368. The number of pyridine rings is 6. The van der Waals surface area contributed by atoms with Gasteiger partial charge in [-0.25, -0.2) is 0 Å². The summed E-state index contributed by atoms with van der Waals surface area (Å²) in [4.78, 5) is 23.7.